The van der Waals surface area contributed by atoms with Crippen molar-refractivity contribution in [3.63, 3.8) is 0 Å². The Morgan fingerprint density at radius 3 is 2.56 bits per heavy atom. The van der Waals surface area contributed by atoms with E-state index in [2.05, 4.69) is 0 Å². The molecule has 0 spiro atoms. The van der Waals surface area contributed by atoms with Crippen LogP contribution in [0.25, 0.3) is 0 Å². The Balaban J connectivity index is 1.94. The van der Waals surface area contributed by atoms with Crippen LogP contribution in [0.4, 0.5) is 0 Å². The largest absolute Gasteiger partial charge is 0.481 e. The van der Waals surface area contributed by atoms with Crippen LogP contribution < -0.4 is 0 Å². The molecule has 0 amide bonds. The summed E-state index contributed by atoms with van der Waals surface area (Å²) in [5.74, 6) is -0.429. The van der Waals surface area contributed by atoms with Gasteiger partial charge in [-0.3, -0.25) is 4.79 Å². The molecule has 2 bridgehead atoms. The predicted octanol–water partition coefficient (Wildman–Crippen LogP) is 3.09. The molecule has 84 valence electrons. The van der Waals surface area contributed by atoms with Gasteiger partial charge in [-0.1, -0.05) is 29.8 Å². The minimum absolute atomic E-state index is 0.0616. The Labute approximate surface area is 99.2 Å². The van der Waals surface area contributed by atoms with E-state index in [4.69, 9.17) is 16.7 Å². The fourth-order valence-corrected chi connectivity index (χ4v) is 3.83. The molecule has 1 aromatic carbocycles. The van der Waals surface area contributed by atoms with Crippen LogP contribution in [0.5, 0.6) is 0 Å². The molecule has 1 unspecified atom stereocenters. The van der Waals surface area contributed by atoms with Crippen LogP contribution >= 0.6 is 11.6 Å². The maximum absolute atomic E-state index is 11.1. The Morgan fingerprint density at radius 1 is 1.31 bits per heavy atom. The Kier molecular flexibility index (Phi) is 2.05. The van der Waals surface area contributed by atoms with Gasteiger partial charge >= 0.3 is 5.97 Å². The molecule has 16 heavy (non-hydrogen) atoms. The van der Waals surface area contributed by atoms with Gasteiger partial charge in [0.2, 0.25) is 0 Å². The number of carbonyl (C=O) groups is 1. The SMILES string of the molecule is O=C(O)C1CC2(c3ccccc3Cl)CC1C2. The highest BCUT2D eigenvalue weighted by atomic mass is 35.5. The van der Waals surface area contributed by atoms with Crippen molar-refractivity contribution in [3.8, 4) is 0 Å². The fourth-order valence-electron chi connectivity index (χ4n) is 3.49. The van der Waals surface area contributed by atoms with Crippen LogP contribution in [0.1, 0.15) is 24.8 Å². The molecular weight excluding hydrogens is 224 g/mol. The van der Waals surface area contributed by atoms with Gasteiger partial charge in [-0.25, -0.2) is 0 Å². The van der Waals surface area contributed by atoms with Crippen molar-refractivity contribution >= 4 is 17.6 Å². The minimum atomic E-state index is -0.642. The van der Waals surface area contributed by atoms with Gasteiger partial charge in [-0.15, -0.1) is 0 Å². The normalized spacial score (nSPS) is 35.8. The van der Waals surface area contributed by atoms with Crippen LogP contribution in [0, 0.1) is 11.8 Å². The molecule has 0 heterocycles. The summed E-state index contributed by atoms with van der Waals surface area (Å²) in [7, 11) is 0. The number of rotatable bonds is 2. The van der Waals surface area contributed by atoms with Gasteiger partial charge in [0.25, 0.3) is 0 Å². The van der Waals surface area contributed by atoms with E-state index in [1.54, 1.807) is 0 Å². The molecule has 1 atom stereocenters. The van der Waals surface area contributed by atoms with Crippen molar-refractivity contribution in [3.05, 3.63) is 34.9 Å². The van der Waals surface area contributed by atoms with Crippen molar-refractivity contribution in [2.45, 2.75) is 24.7 Å². The first-order chi connectivity index (χ1) is 7.62. The summed E-state index contributed by atoms with van der Waals surface area (Å²) < 4.78 is 0. The van der Waals surface area contributed by atoms with Gasteiger partial charge in [-0.2, -0.15) is 0 Å². The Bertz CT molecular complexity index is 449. The molecule has 3 aliphatic rings. The zero-order valence-corrected chi connectivity index (χ0v) is 9.57. The van der Waals surface area contributed by atoms with Crippen molar-refractivity contribution in [2.75, 3.05) is 0 Å². The lowest BCUT2D eigenvalue weighted by molar-refractivity contribution is -0.142. The highest BCUT2D eigenvalue weighted by Gasteiger charge is 2.59. The summed E-state index contributed by atoms with van der Waals surface area (Å²) in [6.45, 7) is 0. The molecule has 2 nitrogen and oxygen atoms in total. The molecule has 4 rings (SSSR count). The number of fused-ring (bicyclic) bond motifs is 1. The standard InChI is InChI=1S/C13H13ClO2/c14-11-4-2-1-3-10(11)13-5-8(6-13)9(7-13)12(15)16/h1-4,8-9H,5-7H2,(H,15,16). The first kappa shape index (κ1) is 10.2. The molecule has 3 saturated carbocycles. The molecule has 1 N–H and O–H groups in total. The van der Waals surface area contributed by atoms with Gasteiger partial charge in [0.1, 0.15) is 0 Å². The third kappa shape index (κ3) is 1.23. The fraction of sp³-hybridized carbons (Fsp3) is 0.462. The second-order valence-electron chi connectivity index (χ2n) is 5.08. The van der Waals surface area contributed by atoms with E-state index in [0.717, 1.165) is 29.8 Å². The van der Waals surface area contributed by atoms with Gasteiger partial charge < -0.3 is 5.11 Å². The first-order valence-electron chi connectivity index (χ1n) is 5.60. The average Bonchev–Trinajstić information content (AvgIpc) is 2.73. The van der Waals surface area contributed by atoms with Crippen molar-refractivity contribution in [1.29, 1.82) is 0 Å². The van der Waals surface area contributed by atoms with Crippen molar-refractivity contribution < 1.29 is 9.90 Å². The third-order valence-electron chi connectivity index (χ3n) is 4.25. The molecular formula is C13H13ClO2. The van der Waals surface area contributed by atoms with E-state index in [1.165, 1.54) is 0 Å². The maximum atomic E-state index is 11.1. The smallest absolute Gasteiger partial charge is 0.306 e. The topological polar surface area (TPSA) is 37.3 Å². The summed E-state index contributed by atoms with van der Waals surface area (Å²) in [4.78, 5) is 11.1. The zero-order chi connectivity index (χ0) is 11.3. The van der Waals surface area contributed by atoms with Gasteiger partial charge in [-0.05, 0) is 42.2 Å². The van der Waals surface area contributed by atoms with Gasteiger partial charge in [0, 0.05) is 5.02 Å². The van der Waals surface area contributed by atoms with Crippen LogP contribution in [0.2, 0.25) is 5.02 Å². The number of hydrogen-bond donors (Lipinski definition) is 1. The second kappa shape index (κ2) is 3.24. The Hall–Kier alpha value is -1.02. The minimum Gasteiger partial charge on any atom is -0.481 e. The van der Waals surface area contributed by atoms with Crippen LogP contribution in [-0.4, -0.2) is 11.1 Å². The zero-order valence-electron chi connectivity index (χ0n) is 8.82. The molecule has 1 aromatic rings. The molecule has 0 saturated heterocycles. The van der Waals surface area contributed by atoms with E-state index < -0.39 is 5.97 Å². The summed E-state index contributed by atoms with van der Waals surface area (Å²) in [6.07, 6.45) is 2.75. The predicted molar refractivity (Wildman–Crippen MR) is 61.6 cm³/mol. The highest BCUT2D eigenvalue weighted by molar-refractivity contribution is 6.31. The second-order valence-corrected chi connectivity index (χ2v) is 5.48. The summed E-state index contributed by atoms with van der Waals surface area (Å²) in [5.41, 5.74) is 1.21. The van der Waals surface area contributed by atoms with E-state index in [9.17, 15) is 4.79 Å². The van der Waals surface area contributed by atoms with E-state index in [-0.39, 0.29) is 11.3 Å². The molecule has 0 radical (unpaired) electrons. The molecule has 0 aliphatic heterocycles. The number of carboxylic acid groups (broad SMARTS) is 1. The summed E-state index contributed by atoms with van der Waals surface area (Å²) >= 11 is 6.20. The van der Waals surface area contributed by atoms with Crippen molar-refractivity contribution in [1.82, 2.24) is 0 Å². The van der Waals surface area contributed by atoms with Crippen LogP contribution in [-0.2, 0) is 10.2 Å². The third-order valence-corrected chi connectivity index (χ3v) is 4.58. The Morgan fingerprint density at radius 2 is 2.00 bits per heavy atom. The lowest BCUT2D eigenvalue weighted by Crippen LogP contribution is -2.33. The number of hydrogen-bond acceptors (Lipinski definition) is 1. The lowest BCUT2D eigenvalue weighted by Gasteiger charge is -2.39. The quantitative estimate of drug-likeness (QED) is 0.857. The van der Waals surface area contributed by atoms with Crippen LogP contribution in [0.3, 0.4) is 0 Å². The number of halogens is 1. The number of carboxylic acids is 1. The van der Waals surface area contributed by atoms with Crippen molar-refractivity contribution in [2.24, 2.45) is 11.8 Å². The summed E-state index contributed by atoms with van der Waals surface area (Å²) in [6, 6.07) is 7.84. The highest BCUT2D eigenvalue weighted by Crippen LogP contribution is 2.63. The molecule has 3 heteroatoms. The number of benzene rings is 1. The van der Waals surface area contributed by atoms with Gasteiger partial charge in [0.05, 0.1) is 5.92 Å². The van der Waals surface area contributed by atoms with Crippen LogP contribution in [0.15, 0.2) is 24.3 Å². The summed E-state index contributed by atoms with van der Waals surface area (Å²) in [5, 5.41) is 9.89. The first-order valence-corrected chi connectivity index (χ1v) is 5.98. The van der Waals surface area contributed by atoms with Gasteiger partial charge in [0.15, 0.2) is 0 Å². The monoisotopic (exact) mass is 236 g/mol. The lowest BCUT2D eigenvalue weighted by atomic mass is 9.65. The molecule has 3 fully saturated rings. The van der Waals surface area contributed by atoms with E-state index >= 15 is 0 Å². The maximum Gasteiger partial charge on any atom is 0.306 e. The molecule has 3 aliphatic carbocycles. The average molecular weight is 237 g/mol. The van der Waals surface area contributed by atoms with E-state index in [0.29, 0.717) is 5.92 Å². The number of aliphatic carboxylic acids is 1. The molecule has 0 aromatic heterocycles. The van der Waals surface area contributed by atoms with E-state index in [1.807, 2.05) is 24.3 Å².